The molecular weight excluding hydrogens is 354 g/mol. The molecule has 3 heterocycles. The van der Waals surface area contributed by atoms with Crippen LogP contribution < -0.4 is 0 Å². The van der Waals surface area contributed by atoms with Gasteiger partial charge in [0, 0.05) is 61.0 Å². The lowest BCUT2D eigenvalue weighted by molar-refractivity contribution is 0.307. The van der Waals surface area contributed by atoms with Crippen LogP contribution >= 0.6 is 0 Å². The van der Waals surface area contributed by atoms with Gasteiger partial charge in [-0.1, -0.05) is 43.4 Å². The zero-order valence-electron chi connectivity index (χ0n) is 17.9. The summed E-state index contributed by atoms with van der Waals surface area (Å²) < 4.78 is 2.67. The number of rotatable bonds is 5. The topological polar surface area (TPSA) is 21.1 Å². The van der Waals surface area contributed by atoms with Crippen molar-refractivity contribution in [2.75, 3.05) is 13.6 Å². The second-order valence-electron chi connectivity index (χ2n) is 9.41. The molecule has 1 saturated carbocycles. The number of aryl methyl sites for hydroxylation is 1. The van der Waals surface area contributed by atoms with Crippen LogP contribution in [-0.4, -0.2) is 28.0 Å². The van der Waals surface area contributed by atoms with Crippen molar-refractivity contribution >= 4 is 10.9 Å². The third-order valence-electron chi connectivity index (χ3n) is 7.25. The number of nitrogens with zero attached hydrogens (tertiary/aromatic N) is 3. The summed E-state index contributed by atoms with van der Waals surface area (Å²) in [5.41, 5.74) is 7.33. The van der Waals surface area contributed by atoms with E-state index in [0.29, 0.717) is 5.92 Å². The number of aromatic nitrogens is 2. The van der Waals surface area contributed by atoms with Crippen LogP contribution in [0.3, 0.4) is 0 Å². The van der Waals surface area contributed by atoms with Crippen LogP contribution in [0.2, 0.25) is 0 Å². The van der Waals surface area contributed by atoms with E-state index in [0.717, 1.165) is 32.0 Å². The Hall–Kier alpha value is -2.13. The molecule has 3 heteroatoms. The van der Waals surface area contributed by atoms with Gasteiger partial charge in [0.2, 0.25) is 0 Å². The van der Waals surface area contributed by atoms with E-state index >= 15 is 0 Å². The minimum atomic E-state index is 0.549. The van der Waals surface area contributed by atoms with E-state index in [9.17, 15) is 0 Å². The summed E-state index contributed by atoms with van der Waals surface area (Å²) in [6.45, 7) is 5.53. The second-order valence-corrected chi connectivity index (χ2v) is 9.41. The van der Waals surface area contributed by atoms with Crippen molar-refractivity contribution in [3.05, 3.63) is 65.1 Å². The maximum atomic E-state index is 4.46. The van der Waals surface area contributed by atoms with Gasteiger partial charge in [0.05, 0.1) is 0 Å². The Morgan fingerprint density at radius 1 is 1.17 bits per heavy atom. The first kappa shape index (κ1) is 18.9. The lowest BCUT2D eigenvalue weighted by Crippen LogP contribution is -2.28. The average molecular weight is 388 g/mol. The Morgan fingerprint density at radius 2 is 2.03 bits per heavy atom. The van der Waals surface area contributed by atoms with E-state index in [2.05, 4.69) is 65.0 Å². The Labute approximate surface area is 174 Å². The predicted molar refractivity (Wildman–Crippen MR) is 120 cm³/mol. The third kappa shape index (κ3) is 3.73. The molecule has 0 bridgehead atoms. The van der Waals surface area contributed by atoms with Crippen molar-refractivity contribution in [1.82, 2.24) is 14.5 Å². The fourth-order valence-electron chi connectivity index (χ4n) is 5.71. The monoisotopic (exact) mass is 387 g/mol. The van der Waals surface area contributed by atoms with E-state index in [4.69, 9.17) is 0 Å². The zero-order valence-corrected chi connectivity index (χ0v) is 17.9. The molecule has 1 aliphatic carbocycles. The molecule has 1 aromatic carbocycles. The Kier molecular flexibility index (Phi) is 5.17. The number of benzene rings is 1. The van der Waals surface area contributed by atoms with Crippen molar-refractivity contribution in [2.45, 2.75) is 64.5 Å². The van der Waals surface area contributed by atoms with Gasteiger partial charge in [-0.2, -0.15) is 0 Å². The highest BCUT2D eigenvalue weighted by Crippen LogP contribution is 2.38. The molecule has 3 nitrogen and oxygen atoms in total. The third-order valence-corrected chi connectivity index (χ3v) is 7.25. The summed E-state index contributed by atoms with van der Waals surface area (Å²) >= 11 is 0. The molecule has 0 amide bonds. The fraction of sp³-hybridized carbons (Fsp3) is 0.500. The highest BCUT2D eigenvalue weighted by molar-refractivity contribution is 5.86. The van der Waals surface area contributed by atoms with Crippen LogP contribution in [-0.2, 0) is 19.5 Å². The smallest absolute Gasteiger partial charge is 0.0486 e. The van der Waals surface area contributed by atoms with Crippen molar-refractivity contribution in [3.63, 3.8) is 0 Å². The molecule has 5 rings (SSSR count). The van der Waals surface area contributed by atoms with Gasteiger partial charge < -0.3 is 9.47 Å². The molecule has 0 spiro atoms. The maximum absolute atomic E-state index is 4.46. The highest BCUT2D eigenvalue weighted by atomic mass is 15.1. The number of pyridine rings is 1. The first-order chi connectivity index (χ1) is 14.2. The molecule has 2 aliphatic rings. The molecule has 0 N–H and O–H groups in total. The number of hydrogen-bond donors (Lipinski definition) is 0. The zero-order chi connectivity index (χ0) is 19.8. The van der Waals surface area contributed by atoms with Crippen LogP contribution in [0.15, 0.2) is 42.7 Å². The molecule has 29 heavy (non-hydrogen) atoms. The molecule has 1 fully saturated rings. The van der Waals surface area contributed by atoms with E-state index in [-0.39, 0.29) is 0 Å². The van der Waals surface area contributed by atoms with Gasteiger partial charge in [0.25, 0.3) is 0 Å². The summed E-state index contributed by atoms with van der Waals surface area (Å²) in [4.78, 5) is 6.93. The molecule has 3 aromatic rings. The van der Waals surface area contributed by atoms with Crippen LogP contribution in [0.4, 0.5) is 0 Å². The van der Waals surface area contributed by atoms with Crippen molar-refractivity contribution in [3.8, 4) is 0 Å². The largest absolute Gasteiger partial charge is 0.344 e. The SMILES string of the molecule is Cc1ccc2c(c1)c1c(n2CC(CC2CCCC2)c2cccnc2)CCN(C)C1. The number of fused-ring (bicyclic) bond motifs is 3. The molecule has 2 aromatic heterocycles. The number of likely N-dealkylation sites (N-methyl/N-ethyl adjacent to an activating group) is 1. The minimum Gasteiger partial charge on any atom is -0.344 e. The van der Waals surface area contributed by atoms with Gasteiger partial charge in [-0.05, 0) is 55.6 Å². The molecule has 0 saturated heterocycles. The van der Waals surface area contributed by atoms with E-state index in [1.807, 2.05) is 6.20 Å². The van der Waals surface area contributed by atoms with Gasteiger partial charge in [-0.3, -0.25) is 4.98 Å². The summed E-state index contributed by atoms with van der Waals surface area (Å²) in [7, 11) is 2.25. The summed E-state index contributed by atoms with van der Waals surface area (Å²) in [5, 5.41) is 1.47. The highest BCUT2D eigenvalue weighted by Gasteiger charge is 2.26. The van der Waals surface area contributed by atoms with Crippen molar-refractivity contribution in [2.24, 2.45) is 5.92 Å². The Balaban J connectivity index is 1.56. The van der Waals surface area contributed by atoms with Gasteiger partial charge in [0.15, 0.2) is 0 Å². The van der Waals surface area contributed by atoms with Crippen molar-refractivity contribution < 1.29 is 0 Å². The minimum absolute atomic E-state index is 0.549. The van der Waals surface area contributed by atoms with Gasteiger partial charge >= 0.3 is 0 Å². The maximum Gasteiger partial charge on any atom is 0.0486 e. The molecule has 152 valence electrons. The van der Waals surface area contributed by atoms with Crippen LogP contribution in [0.1, 0.15) is 60.4 Å². The average Bonchev–Trinajstić information content (AvgIpc) is 3.35. The first-order valence-electron chi connectivity index (χ1n) is 11.4. The van der Waals surface area contributed by atoms with Crippen LogP contribution in [0, 0.1) is 12.8 Å². The Morgan fingerprint density at radius 3 is 2.83 bits per heavy atom. The lowest BCUT2D eigenvalue weighted by atomic mass is 9.88. The van der Waals surface area contributed by atoms with E-state index in [1.54, 1.807) is 11.3 Å². The molecular formula is C26H33N3. The Bertz CT molecular complexity index is 982. The number of hydrogen-bond acceptors (Lipinski definition) is 2. The van der Waals surface area contributed by atoms with Crippen molar-refractivity contribution in [1.29, 1.82) is 0 Å². The standard InChI is InChI=1S/C26H33N3/c1-19-9-10-25-23(14-19)24-18-28(2)13-11-26(24)29(25)17-22(15-20-6-3-4-7-20)21-8-5-12-27-16-21/h5,8-10,12,14,16,20,22H,3-4,6-7,11,13,15,17-18H2,1-2H3. The molecule has 0 radical (unpaired) electrons. The molecule has 1 unspecified atom stereocenters. The summed E-state index contributed by atoms with van der Waals surface area (Å²) in [6, 6.07) is 11.4. The normalized spacial score (nSPS) is 19.0. The predicted octanol–water partition coefficient (Wildman–Crippen LogP) is 5.70. The van der Waals surface area contributed by atoms with Gasteiger partial charge in [-0.15, -0.1) is 0 Å². The van der Waals surface area contributed by atoms with Crippen LogP contribution in [0.5, 0.6) is 0 Å². The molecule has 1 aliphatic heterocycles. The summed E-state index contributed by atoms with van der Waals surface area (Å²) in [6.07, 6.45) is 12.1. The van der Waals surface area contributed by atoms with E-state index < -0.39 is 0 Å². The van der Waals surface area contributed by atoms with Crippen LogP contribution in [0.25, 0.3) is 10.9 Å². The molecule has 1 atom stereocenters. The van der Waals surface area contributed by atoms with E-state index in [1.165, 1.54) is 54.1 Å². The fourth-order valence-corrected chi connectivity index (χ4v) is 5.71. The summed E-state index contributed by atoms with van der Waals surface area (Å²) in [5.74, 6) is 1.43. The second kappa shape index (κ2) is 7.95. The lowest BCUT2D eigenvalue weighted by Gasteiger charge is -2.27. The van der Waals surface area contributed by atoms with Gasteiger partial charge in [-0.25, -0.2) is 0 Å². The first-order valence-corrected chi connectivity index (χ1v) is 11.4. The quantitative estimate of drug-likeness (QED) is 0.560. The van der Waals surface area contributed by atoms with Gasteiger partial charge in [0.1, 0.15) is 0 Å².